The second kappa shape index (κ2) is 3.20. The summed E-state index contributed by atoms with van der Waals surface area (Å²) in [5, 5.41) is 10.0. The van der Waals surface area contributed by atoms with Crippen molar-refractivity contribution < 1.29 is 9.90 Å². The smallest absolute Gasteiger partial charge is 0.328 e. The zero-order chi connectivity index (χ0) is 11.1. The Morgan fingerprint density at radius 3 is 3.06 bits per heavy atom. The summed E-state index contributed by atoms with van der Waals surface area (Å²) in [5.41, 5.74) is 3.02. The van der Waals surface area contributed by atoms with Crippen LogP contribution in [0.1, 0.15) is 11.3 Å². The van der Waals surface area contributed by atoms with Gasteiger partial charge in [0.05, 0.1) is 5.69 Å². The number of nitrogens with zero attached hydrogens (tertiary/aromatic N) is 1. The molecule has 80 valence electrons. The third-order valence-corrected chi connectivity index (χ3v) is 2.91. The molecule has 1 aromatic heterocycles. The van der Waals surface area contributed by atoms with Crippen LogP contribution in [0.3, 0.4) is 0 Å². The van der Waals surface area contributed by atoms with Gasteiger partial charge < -0.3 is 10.1 Å². The van der Waals surface area contributed by atoms with E-state index in [4.69, 9.17) is 5.11 Å². The number of aliphatic carboxylic acids is 1. The number of aliphatic imine (C=N–C) groups is 1. The average Bonchev–Trinajstić information content (AvgIpc) is 2.66. The van der Waals surface area contributed by atoms with Crippen LogP contribution in [0.15, 0.2) is 29.3 Å². The fraction of sp³-hybridized carbons (Fsp3) is 0.167. The van der Waals surface area contributed by atoms with Gasteiger partial charge >= 0.3 is 5.97 Å². The van der Waals surface area contributed by atoms with E-state index in [0.717, 1.165) is 22.2 Å². The topological polar surface area (TPSA) is 65.4 Å². The van der Waals surface area contributed by atoms with E-state index in [2.05, 4.69) is 9.98 Å². The number of nitrogens with one attached hydrogen (secondary N) is 1. The number of fused-ring (bicyclic) bond motifs is 3. The number of para-hydroxylation sites is 1. The van der Waals surface area contributed by atoms with E-state index >= 15 is 0 Å². The number of carboxylic acids is 1. The number of carbonyl (C=O) groups is 1. The molecule has 0 fully saturated rings. The Balaban J connectivity index is 2.17. The second-order valence-corrected chi connectivity index (χ2v) is 3.90. The molecule has 0 unspecified atom stereocenters. The van der Waals surface area contributed by atoms with Gasteiger partial charge in [-0.3, -0.25) is 4.99 Å². The Morgan fingerprint density at radius 2 is 2.25 bits per heavy atom. The lowest BCUT2D eigenvalue weighted by Gasteiger charge is -2.12. The van der Waals surface area contributed by atoms with Gasteiger partial charge in [0.2, 0.25) is 0 Å². The number of benzene rings is 1. The lowest BCUT2D eigenvalue weighted by Crippen LogP contribution is -2.24. The zero-order valence-corrected chi connectivity index (χ0v) is 8.47. The predicted octanol–water partition coefficient (Wildman–Crippen LogP) is 1.60. The summed E-state index contributed by atoms with van der Waals surface area (Å²) in [6.07, 6.45) is 2.09. The predicted molar refractivity (Wildman–Crippen MR) is 61.0 cm³/mol. The first-order valence-corrected chi connectivity index (χ1v) is 5.11. The van der Waals surface area contributed by atoms with Gasteiger partial charge in [0.1, 0.15) is 0 Å². The highest BCUT2D eigenvalue weighted by molar-refractivity contribution is 5.96. The first-order valence-electron chi connectivity index (χ1n) is 5.11. The van der Waals surface area contributed by atoms with Crippen molar-refractivity contribution in [2.45, 2.75) is 12.5 Å². The largest absolute Gasteiger partial charge is 0.480 e. The van der Waals surface area contributed by atoms with Crippen LogP contribution in [-0.2, 0) is 11.2 Å². The Kier molecular flexibility index (Phi) is 1.83. The van der Waals surface area contributed by atoms with Crippen LogP contribution >= 0.6 is 0 Å². The molecular formula is C12H10N2O2. The Morgan fingerprint density at radius 1 is 1.44 bits per heavy atom. The lowest BCUT2D eigenvalue weighted by atomic mass is 10.0. The molecule has 0 bridgehead atoms. The van der Waals surface area contributed by atoms with Crippen molar-refractivity contribution in [3.63, 3.8) is 0 Å². The lowest BCUT2D eigenvalue weighted by molar-refractivity contribution is -0.138. The maximum Gasteiger partial charge on any atom is 0.328 e. The highest BCUT2D eigenvalue weighted by atomic mass is 16.4. The van der Waals surface area contributed by atoms with Crippen LogP contribution in [0.25, 0.3) is 10.9 Å². The summed E-state index contributed by atoms with van der Waals surface area (Å²) in [6, 6.07) is 7.25. The summed E-state index contributed by atoms with van der Waals surface area (Å²) in [4.78, 5) is 18.1. The minimum absolute atomic E-state index is 0.463. The minimum Gasteiger partial charge on any atom is -0.480 e. The van der Waals surface area contributed by atoms with Crippen molar-refractivity contribution in [3.8, 4) is 0 Å². The van der Waals surface area contributed by atoms with Crippen LogP contribution < -0.4 is 0 Å². The first kappa shape index (κ1) is 9.15. The maximum atomic E-state index is 10.9. The molecule has 1 aliphatic heterocycles. The number of rotatable bonds is 1. The third-order valence-electron chi connectivity index (χ3n) is 2.91. The molecule has 4 nitrogen and oxygen atoms in total. The molecule has 16 heavy (non-hydrogen) atoms. The van der Waals surface area contributed by atoms with Crippen LogP contribution in [-0.4, -0.2) is 28.3 Å². The third kappa shape index (κ3) is 1.23. The minimum atomic E-state index is -0.868. The second-order valence-electron chi connectivity index (χ2n) is 3.90. The summed E-state index contributed by atoms with van der Waals surface area (Å²) in [5.74, 6) is -0.868. The van der Waals surface area contributed by atoms with Gasteiger partial charge in [0, 0.05) is 23.5 Å². The monoisotopic (exact) mass is 214 g/mol. The van der Waals surface area contributed by atoms with Crippen molar-refractivity contribution in [2.24, 2.45) is 4.99 Å². The molecule has 4 heteroatoms. The van der Waals surface area contributed by atoms with Gasteiger partial charge in [-0.05, 0) is 11.6 Å². The van der Waals surface area contributed by atoms with Crippen molar-refractivity contribution in [2.75, 3.05) is 0 Å². The van der Waals surface area contributed by atoms with E-state index in [1.165, 1.54) is 0 Å². The molecular weight excluding hydrogens is 204 g/mol. The normalized spacial score (nSPS) is 18.6. The van der Waals surface area contributed by atoms with Crippen LogP contribution in [0.5, 0.6) is 0 Å². The zero-order valence-electron chi connectivity index (χ0n) is 8.47. The van der Waals surface area contributed by atoms with E-state index in [-0.39, 0.29) is 0 Å². The molecule has 1 atom stereocenters. The summed E-state index contributed by atoms with van der Waals surface area (Å²) in [6.45, 7) is 0. The number of hydrogen-bond acceptors (Lipinski definition) is 2. The number of aromatic amines is 1. The Hall–Kier alpha value is -2.10. The molecule has 1 aromatic carbocycles. The number of carboxylic acid groups (broad SMARTS) is 1. The quantitative estimate of drug-likeness (QED) is 0.757. The molecule has 2 aromatic rings. The van der Waals surface area contributed by atoms with Gasteiger partial charge in [-0.25, -0.2) is 4.79 Å². The standard InChI is InChI=1S/C12H10N2O2/c15-12(16)10-5-8-7-3-1-2-4-9(7)14-11(8)6-13-10/h1-4,6,10,14H,5H2,(H,15,16)/t10-/m0/s1. The number of H-pyrrole nitrogens is 1. The first-order chi connectivity index (χ1) is 7.75. The summed E-state index contributed by atoms with van der Waals surface area (Å²) < 4.78 is 0. The van der Waals surface area contributed by atoms with Gasteiger partial charge in [0.25, 0.3) is 0 Å². The maximum absolute atomic E-state index is 10.9. The van der Waals surface area contributed by atoms with Gasteiger partial charge in [-0.2, -0.15) is 0 Å². The van der Waals surface area contributed by atoms with E-state index < -0.39 is 12.0 Å². The van der Waals surface area contributed by atoms with E-state index in [1.807, 2.05) is 24.3 Å². The molecule has 2 heterocycles. The van der Waals surface area contributed by atoms with Crippen molar-refractivity contribution in [1.82, 2.24) is 4.98 Å². The van der Waals surface area contributed by atoms with Crippen LogP contribution in [0, 0.1) is 0 Å². The fourth-order valence-corrected chi connectivity index (χ4v) is 2.11. The molecule has 3 rings (SSSR count). The van der Waals surface area contributed by atoms with Crippen molar-refractivity contribution in [3.05, 3.63) is 35.5 Å². The van der Waals surface area contributed by atoms with Crippen LogP contribution in [0.2, 0.25) is 0 Å². The van der Waals surface area contributed by atoms with Gasteiger partial charge in [-0.1, -0.05) is 18.2 Å². The molecule has 0 saturated carbocycles. The molecule has 0 aliphatic carbocycles. The highest BCUT2D eigenvalue weighted by Crippen LogP contribution is 2.25. The molecule has 2 N–H and O–H groups in total. The molecule has 0 radical (unpaired) electrons. The molecule has 0 saturated heterocycles. The van der Waals surface area contributed by atoms with E-state index in [9.17, 15) is 4.79 Å². The Labute approximate surface area is 91.6 Å². The van der Waals surface area contributed by atoms with Crippen molar-refractivity contribution >= 4 is 23.1 Å². The summed E-state index contributed by atoms with van der Waals surface area (Å²) >= 11 is 0. The van der Waals surface area contributed by atoms with Crippen LogP contribution in [0.4, 0.5) is 0 Å². The fourth-order valence-electron chi connectivity index (χ4n) is 2.11. The van der Waals surface area contributed by atoms with Gasteiger partial charge in [-0.15, -0.1) is 0 Å². The van der Waals surface area contributed by atoms with Crippen molar-refractivity contribution in [1.29, 1.82) is 0 Å². The molecule has 0 spiro atoms. The SMILES string of the molecule is O=C(O)[C@@H]1Cc2c([nH]c3ccccc23)C=N1. The number of aromatic nitrogens is 1. The number of hydrogen-bond donors (Lipinski definition) is 2. The average molecular weight is 214 g/mol. The highest BCUT2D eigenvalue weighted by Gasteiger charge is 2.23. The van der Waals surface area contributed by atoms with Gasteiger partial charge in [0.15, 0.2) is 6.04 Å². The van der Waals surface area contributed by atoms with E-state index in [0.29, 0.717) is 6.42 Å². The van der Waals surface area contributed by atoms with E-state index in [1.54, 1.807) is 6.21 Å². The summed E-state index contributed by atoms with van der Waals surface area (Å²) in [7, 11) is 0. The molecule has 1 aliphatic rings. The Bertz CT molecular complexity index is 598. The molecule has 0 amide bonds.